The van der Waals surface area contributed by atoms with E-state index in [-0.39, 0.29) is 10.8 Å². The Morgan fingerprint density at radius 1 is 1.23 bits per heavy atom. The second-order valence-electron chi connectivity index (χ2n) is 6.36. The van der Waals surface area contributed by atoms with Gasteiger partial charge in [0, 0.05) is 19.7 Å². The maximum absolute atomic E-state index is 13.0. The van der Waals surface area contributed by atoms with Crippen molar-refractivity contribution in [2.24, 2.45) is 5.92 Å². The Hall–Kier alpha value is -1.79. The molecule has 0 N–H and O–H groups in total. The molecule has 6 heteroatoms. The first-order valence-corrected chi connectivity index (χ1v) is 10.3. The highest BCUT2D eigenvalue weighted by atomic mass is 32.2. The van der Waals surface area contributed by atoms with Gasteiger partial charge in [-0.25, -0.2) is 12.7 Å². The first kappa shape index (κ1) is 22.3. The summed E-state index contributed by atoms with van der Waals surface area (Å²) in [6.45, 7) is 10.3. The molecule has 0 fully saturated rings. The molecule has 0 radical (unpaired) electrons. The molecule has 0 aliphatic carbocycles. The van der Waals surface area contributed by atoms with Crippen molar-refractivity contribution in [2.45, 2.75) is 37.5 Å². The quantitative estimate of drug-likeness (QED) is 0.378. The zero-order valence-corrected chi connectivity index (χ0v) is 16.9. The lowest BCUT2D eigenvalue weighted by Gasteiger charge is -2.22. The fourth-order valence-corrected chi connectivity index (χ4v) is 3.98. The highest BCUT2D eigenvalue weighted by molar-refractivity contribution is 7.89. The predicted molar refractivity (Wildman–Crippen MR) is 106 cm³/mol. The molecule has 1 aromatic carbocycles. The molecule has 26 heavy (non-hydrogen) atoms. The normalized spacial score (nSPS) is 12.6. The topological polar surface area (TPSA) is 55.8 Å². The summed E-state index contributed by atoms with van der Waals surface area (Å²) in [6.07, 6.45) is 7.12. The number of ether oxygens (including phenoxy) is 2. The molecule has 0 aliphatic heterocycles. The number of allylic oxidation sites excluding steroid dienone is 2. The Kier molecular flexibility index (Phi) is 9.44. The van der Waals surface area contributed by atoms with Crippen LogP contribution in [0.2, 0.25) is 0 Å². The minimum absolute atomic E-state index is 0.162. The minimum Gasteiger partial charge on any atom is -0.497 e. The van der Waals surface area contributed by atoms with E-state index in [0.29, 0.717) is 24.7 Å². The third-order valence-corrected chi connectivity index (χ3v) is 5.90. The summed E-state index contributed by atoms with van der Waals surface area (Å²) in [6, 6.07) is 4.81. The van der Waals surface area contributed by atoms with Crippen molar-refractivity contribution in [3.63, 3.8) is 0 Å². The van der Waals surface area contributed by atoms with Crippen LogP contribution in [0, 0.1) is 5.92 Å². The van der Waals surface area contributed by atoms with Gasteiger partial charge in [0.2, 0.25) is 10.0 Å². The maximum atomic E-state index is 13.0. The van der Waals surface area contributed by atoms with Gasteiger partial charge >= 0.3 is 0 Å². The molecule has 0 saturated heterocycles. The van der Waals surface area contributed by atoms with Crippen molar-refractivity contribution in [1.82, 2.24) is 4.31 Å². The van der Waals surface area contributed by atoms with E-state index in [1.807, 2.05) is 13.0 Å². The molecule has 0 amide bonds. The van der Waals surface area contributed by atoms with E-state index in [4.69, 9.17) is 9.47 Å². The molecule has 1 rings (SSSR count). The summed E-state index contributed by atoms with van der Waals surface area (Å²) in [5, 5.41) is 0. The molecule has 0 spiro atoms. The second kappa shape index (κ2) is 11.0. The van der Waals surface area contributed by atoms with Crippen LogP contribution in [-0.4, -0.2) is 40.0 Å². The highest BCUT2D eigenvalue weighted by Gasteiger charge is 2.26. The summed E-state index contributed by atoms with van der Waals surface area (Å²) in [5.41, 5.74) is 0. The van der Waals surface area contributed by atoms with Crippen molar-refractivity contribution in [3.8, 4) is 11.5 Å². The van der Waals surface area contributed by atoms with Crippen molar-refractivity contribution >= 4 is 10.0 Å². The third kappa shape index (κ3) is 6.50. The number of rotatable bonds is 13. The number of hydrogen-bond acceptors (Lipinski definition) is 4. The first-order valence-electron chi connectivity index (χ1n) is 8.85. The zero-order chi connectivity index (χ0) is 19.6. The predicted octanol–water partition coefficient (Wildman–Crippen LogP) is 4.26. The van der Waals surface area contributed by atoms with Gasteiger partial charge in [-0.05, 0) is 43.7 Å². The van der Waals surface area contributed by atoms with Crippen molar-refractivity contribution in [3.05, 3.63) is 43.5 Å². The Bertz CT molecular complexity index is 685. The molecule has 1 atom stereocenters. The Morgan fingerprint density at radius 2 is 1.96 bits per heavy atom. The minimum atomic E-state index is -3.65. The average molecular weight is 382 g/mol. The summed E-state index contributed by atoms with van der Waals surface area (Å²) >= 11 is 0. The standard InChI is InChI=1S/C20H31NO4S/c1-6-8-9-10-14-25-19-15-18(24-5)12-13-20(19)26(22,23)21(4)16-17(3)11-7-2/h6-7,12-13,15,17H,1-2,8-11,14,16H2,3-5H3/t17-/m0/s1. The summed E-state index contributed by atoms with van der Waals surface area (Å²) in [7, 11) is -0.521. The monoisotopic (exact) mass is 381 g/mol. The van der Waals surface area contributed by atoms with Gasteiger partial charge in [0.25, 0.3) is 0 Å². The largest absolute Gasteiger partial charge is 0.497 e. The molecule has 146 valence electrons. The van der Waals surface area contributed by atoms with E-state index in [0.717, 1.165) is 25.7 Å². The molecule has 0 heterocycles. The van der Waals surface area contributed by atoms with Crippen molar-refractivity contribution in [1.29, 1.82) is 0 Å². The lowest BCUT2D eigenvalue weighted by atomic mass is 10.1. The van der Waals surface area contributed by atoms with E-state index in [1.54, 1.807) is 38.4 Å². The fourth-order valence-electron chi connectivity index (χ4n) is 2.58. The van der Waals surface area contributed by atoms with Gasteiger partial charge in [0.1, 0.15) is 16.4 Å². The van der Waals surface area contributed by atoms with E-state index in [1.165, 1.54) is 4.31 Å². The molecule has 5 nitrogen and oxygen atoms in total. The van der Waals surface area contributed by atoms with Gasteiger partial charge in [-0.2, -0.15) is 0 Å². The molecule has 0 bridgehead atoms. The van der Waals surface area contributed by atoms with Gasteiger partial charge in [-0.15, -0.1) is 13.2 Å². The molecule has 0 aromatic heterocycles. The maximum Gasteiger partial charge on any atom is 0.246 e. The van der Waals surface area contributed by atoms with E-state index in [2.05, 4.69) is 13.2 Å². The molecule has 0 unspecified atom stereocenters. The number of hydrogen-bond donors (Lipinski definition) is 0. The Morgan fingerprint density at radius 3 is 2.58 bits per heavy atom. The summed E-state index contributed by atoms with van der Waals surface area (Å²) in [4.78, 5) is 0.162. The van der Waals surface area contributed by atoms with Crippen LogP contribution in [0.15, 0.2) is 48.4 Å². The van der Waals surface area contributed by atoms with Gasteiger partial charge < -0.3 is 9.47 Å². The Balaban J connectivity index is 3.00. The second-order valence-corrected chi connectivity index (χ2v) is 8.37. The fraction of sp³-hybridized carbons (Fsp3) is 0.500. The number of methoxy groups -OCH3 is 1. The SMILES string of the molecule is C=CCCCCOc1cc(OC)ccc1S(=O)(=O)N(C)C[C@@H](C)CC=C. The van der Waals surface area contributed by atoms with Crippen LogP contribution in [0.3, 0.4) is 0 Å². The summed E-state index contributed by atoms with van der Waals surface area (Å²) in [5.74, 6) is 1.08. The third-order valence-electron chi connectivity index (χ3n) is 4.04. The lowest BCUT2D eigenvalue weighted by molar-refractivity contribution is 0.296. The molecule has 0 aliphatic rings. The van der Waals surface area contributed by atoms with Crippen LogP contribution in [0.5, 0.6) is 11.5 Å². The van der Waals surface area contributed by atoms with Crippen LogP contribution in [0.25, 0.3) is 0 Å². The molecule has 1 aromatic rings. The van der Waals surface area contributed by atoms with E-state index < -0.39 is 10.0 Å². The number of unbranched alkanes of at least 4 members (excludes halogenated alkanes) is 2. The van der Waals surface area contributed by atoms with E-state index >= 15 is 0 Å². The zero-order valence-electron chi connectivity index (χ0n) is 16.1. The highest BCUT2D eigenvalue weighted by Crippen LogP contribution is 2.31. The van der Waals surface area contributed by atoms with Crippen LogP contribution in [0.4, 0.5) is 0 Å². The smallest absolute Gasteiger partial charge is 0.246 e. The number of nitrogens with zero attached hydrogens (tertiary/aromatic N) is 1. The van der Waals surface area contributed by atoms with Crippen LogP contribution in [0.1, 0.15) is 32.6 Å². The van der Waals surface area contributed by atoms with Gasteiger partial charge in [-0.3, -0.25) is 0 Å². The Labute approximate surface area is 158 Å². The van der Waals surface area contributed by atoms with Crippen LogP contribution >= 0.6 is 0 Å². The van der Waals surface area contributed by atoms with Gasteiger partial charge in [0.15, 0.2) is 0 Å². The molecule has 0 saturated carbocycles. The summed E-state index contributed by atoms with van der Waals surface area (Å²) < 4.78 is 38.3. The molecular weight excluding hydrogens is 350 g/mol. The lowest BCUT2D eigenvalue weighted by Crippen LogP contribution is -2.31. The van der Waals surface area contributed by atoms with Gasteiger partial charge in [-0.1, -0.05) is 19.1 Å². The number of benzene rings is 1. The van der Waals surface area contributed by atoms with Gasteiger partial charge in [0.05, 0.1) is 13.7 Å². The van der Waals surface area contributed by atoms with Crippen LogP contribution in [-0.2, 0) is 10.0 Å². The average Bonchev–Trinajstić information content (AvgIpc) is 2.61. The van der Waals surface area contributed by atoms with Crippen molar-refractivity contribution in [2.75, 3.05) is 27.3 Å². The van der Waals surface area contributed by atoms with E-state index in [9.17, 15) is 8.42 Å². The number of sulfonamides is 1. The molecular formula is C20H31NO4S. The van der Waals surface area contributed by atoms with Crippen LogP contribution < -0.4 is 9.47 Å². The first-order chi connectivity index (χ1) is 12.4. The van der Waals surface area contributed by atoms with Crippen molar-refractivity contribution < 1.29 is 17.9 Å².